The number of alkyl halides is 3. The van der Waals surface area contributed by atoms with E-state index in [-0.39, 0.29) is 5.75 Å². The van der Waals surface area contributed by atoms with Crippen LogP contribution in [0.1, 0.15) is 6.42 Å². The predicted molar refractivity (Wildman–Crippen MR) is 62.1 cm³/mol. The third kappa shape index (κ3) is 6.59. The number of ether oxygens (including phenoxy) is 1. The smallest absolute Gasteiger partial charge is 0.391 e. The molecule has 0 aromatic heterocycles. The lowest BCUT2D eigenvalue weighted by Crippen LogP contribution is -2.45. The summed E-state index contributed by atoms with van der Waals surface area (Å²) in [5.41, 5.74) is 0. The summed E-state index contributed by atoms with van der Waals surface area (Å²) >= 11 is 0. The van der Waals surface area contributed by atoms with Gasteiger partial charge >= 0.3 is 12.1 Å². The number of nitrogens with one attached hydrogen (secondary N) is 1. The summed E-state index contributed by atoms with van der Waals surface area (Å²) in [5.74, 6) is -3.24. The number of carbonyl (C=O) groups is 2. The quantitative estimate of drug-likeness (QED) is 0.785. The van der Waals surface area contributed by atoms with Gasteiger partial charge in [0, 0.05) is 0 Å². The first kappa shape index (κ1) is 16.7. The Morgan fingerprint density at radius 3 is 2.29 bits per heavy atom. The van der Waals surface area contributed by atoms with E-state index < -0.39 is 42.9 Å². The van der Waals surface area contributed by atoms with Gasteiger partial charge in [-0.05, 0) is 24.3 Å². The van der Waals surface area contributed by atoms with Crippen LogP contribution in [0.25, 0.3) is 0 Å². The number of benzene rings is 1. The van der Waals surface area contributed by atoms with Crippen molar-refractivity contribution >= 4 is 11.9 Å². The van der Waals surface area contributed by atoms with Gasteiger partial charge in [0.15, 0.2) is 6.61 Å². The average Bonchev–Trinajstić information content (AvgIpc) is 2.35. The van der Waals surface area contributed by atoms with Crippen LogP contribution in [0.5, 0.6) is 5.75 Å². The molecule has 21 heavy (non-hydrogen) atoms. The third-order valence-corrected chi connectivity index (χ3v) is 2.25. The number of aliphatic carboxylic acids is 1. The van der Waals surface area contributed by atoms with Gasteiger partial charge in [-0.1, -0.05) is 0 Å². The largest absolute Gasteiger partial charge is 0.484 e. The molecule has 1 rings (SSSR count). The maximum atomic E-state index is 12.6. The number of rotatable bonds is 6. The van der Waals surface area contributed by atoms with Crippen molar-refractivity contribution in [1.82, 2.24) is 5.32 Å². The highest BCUT2D eigenvalue weighted by Crippen LogP contribution is 2.21. The maximum absolute atomic E-state index is 12.6. The van der Waals surface area contributed by atoms with Crippen molar-refractivity contribution in [3.8, 4) is 5.75 Å². The zero-order valence-corrected chi connectivity index (χ0v) is 10.5. The van der Waals surface area contributed by atoms with Crippen LogP contribution in [-0.2, 0) is 9.59 Å². The number of amides is 1. The van der Waals surface area contributed by atoms with Gasteiger partial charge in [0.05, 0.1) is 6.42 Å². The van der Waals surface area contributed by atoms with Crippen LogP contribution in [0.2, 0.25) is 0 Å². The van der Waals surface area contributed by atoms with Crippen LogP contribution in [-0.4, -0.2) is 35.8 Å². The molecule has 0 radical (unpaired) electrons. The Kier molecular flexibility index (Phi) is 5.51. The molecule has 1 unspecified atom stereocenters. The molecule has 5 nitrogen and oxygen atoms in total. The second-order valence-corrected chi connectivity index (χ2v) is 4.02. The van der Waals surface area contributed by atoms with Crippen LogP contribution < -0.4 is 10.1 Å². The first-order valence-corrected chi connectivity index (χ1v) is 5.64. The van der Waals surface area contributed by atoms with E-state index >= 15 is 0 Å². The second kappa shape index (κ2) is 6.91. The Morgan fingerprint density at radius 2 is 1.81 bits per heavy atom. The highest BCUT2D eigenvalue weighted by atomic mass is 19.4. The Balaban J connectivity index is 2.50. The highest BCUT2D eigenvalue weighted by Gasteiger charge is 2.36. The van der Waals surface area contributed by atoms with E-state index in [4.69, 9.17) is 9.84 Å². The maximum Gasteiger partial charge on any atom is 0.391 e. The summed E-state index contributed by atoms with van der Waals surface area (Å²) in [7, 11) is 0. The first-order valence-electron chi connectivity index (χ1n) is 5.64. The second-order valence-electron chi connectivity index (χ2n) is 4.02. The molecule has 0 fully saturated rings. The van der Waals surface area contributed by atoms with Crippen LogP contribution in [0, 0.1) is 5.82 Å². The first-order chi connectivity index (χ1) is 9.67. The molecule has 0 saturated heterocycles. The average molecular weight is 309 g/mol. The fourth-order valence-corrected chi connectivity index (χ4v) is 1.35. The van der Waals surface area contributed by atoms with Crippen LogP contribution in [0.15, 0.2) is 24.3 Å². The predicted octanol–water partition coefficient (Wildman–Crippen LogP) is 1.73. The number of hydrogen-bond donors (Lipinski definition) is 2. The number of carboxylic acids is 1. The highest BCUT2D eigenvalue weighted by molar-refractivity contribution is 5.84. The Bertz CT molecular complexity index is 501. The zero-order valence-electron chi connectivity index (χ0n) is 10.5. The lowest BCUT2D eigenvalue weighted by Gasteiger charge is -2.16. The van der Waals surface area contributed by atoms with Crippen molar-refractivity contribution in [1.29, 1.82) is 0 Å². The molecule has 0 heterocycles. The van der Waals surface area contributed by atoms with Crippen molar-refractivity contribution in [2.24, 2.45) is 0 Å². The number of hydrogen-bond acceptors (Lipinski definition) is 3. The van der Waals surface area contributed by atoms with Crippen LogP contribution >= 0.6 is 0 Å². The van der Waals surface area contributed by atoms with Gasteiger partial charge in [-0.25, -0.2) is 9.18 Å². The van der Waals surface area contributed by atoms with Gasteiger partial charge in [0.25, 0.3) is 5.91 Å². The Morgan fingerprint density at radius 1 is 1.24 bits per heavy atom. The fraction of sp³-hybridized carbons (Fsp3) is 0.333. The van der Waals surface area contributed by atoms with E-state index in [1.807, 2.05) is 0 Å². The third-order valence-electron chi connectivity index (χ3n) is 2.25. The number of carboxylic acid groups (broad SMARTS) is 1. The van der Waals surface area contributed by atoms with Gasteiger partial charge < -0.3 is 15.2 Å². The zero-order chi connectivity index (χ0) is 16.0. The Labute approximate surface area is 116 Å². The van der Waals surface area contributed by atoms with E-state index in [1.54, 1.807) is 5.32 Å². The molecule has 0 bridgehead atoms. The van der Waals surface area contributed by atoms with Gasteiger partial charge in [0.1, 0.15) is 17.6 Å². The molecule has 1 aromatic carbocycles. The molecule has 116 valence electrons. The standard InChI is InChI=1S/C12H11F4NO4/c13-7-1-3-8(4-2-7)21-6-10(18)17-9(11(19)20)5-12(14,15)16/h1-4,9H,5-6H2,(H,17,18)(H,19,20). The minimum atomic E-state index is -4.73. The molecular formula is C12H11F4NO4. The molecule has 9 heteroatoms. The fourth-order valence-electron chi connectivity index (χ4n) is 1.35. The topological polar surface area (TPSA) is 75.6 Å². The van der Waals surface area contributed by atoms with Crippen molar-refractivity contribution < 1.29 is 37.0 Å². The van der Waals surface area contributed by atoms with Crippen molar-refractivity contribution in [2.45, 2.75) is 18.6 Å². The monoisotopic (exact) mass is 309 g/mol. The molecule has 0 saturated carbocycles. The summed E-state index contributed by atoms with van der Waals surface area (Å²) in [4.78, 5) is 22.0. The molecule has 1 atom stereocenters. The van der Waals surface area contributed by atoms with E-state index in [1.165, 1.54) is 12.1 Å². The van der Waals surface area contributed by atoms with Crippen molar-refractivity contribution in [3.63, 3.8) is 0 Å². The van der Waals surface area contributed by atoms with E-state index in [0.717, 1.165) is 12.1 Å². The summed E-state index contributed by atoms with van der Waals surface area (Å²) in [6.45, 7) is -0.687. The molecule has 1 amide bonds. The minimum Gasteiger partial charge on any atom is -0.484 e. The summed E-state index contributed by atoms with van der Waals surface area (Å²) in [5, 5.41) is 10.3. The van der Waals surface area contributed by atoms with Gasteiger partial charge in [-0.2, -0.15) is 13.2 Å². The van der Waals surface area contributed by atoms with Crippen LogP contribution in [0.4, 0.5) is 17.6 Å². The van der Waals surface area contributed by atoms with Gasteiger partial charge in [-0.15, -0.1) is 0 Å². The summed E-state index contributed by atoms with van der Waals surface area (Å²) in [6, 6.07) is 2.47. The van der Waals surface area contributed by atoms with E-state index in [2.05, 4.69) is 0 Å². The van der Waals surface area contributed by atoms with E-state index in [0.29, 0.717) is 0 Å². The lowest BCUT2D eigenvalue weighted by atomic mass is 10.2. The molecule has 0 aliphatic carbocycles. The van der Waals surface area contributed by atoms with Crippen LogP contribution in [0.3, 0.4) is 0 Å². The van der Waals surface area contributed by atoms with E-state index in [9.17, 15) is 27.2 Å². The molecule has 2 N–H and O–H groups in total. The summed E-state index contributed by atoms with van der Waals surface area (Å²) < 4.78 is 53.8. The molecule has 0 aliphatic heterocycles. The lowest BCUT2D eigenvalue weighted by molar-refractivity contribution is -0.160. The molecule has 1 aromatic rings. The SMILES string of the molecule is O=C(COc1ccc(F)cc1)NC(CC(F)(F)F)C(=O)O. The minimum absolute atomic E-state index is 0.120. The molecule has 0 aliphatic rings. The number of halogens is 4. The molecule has 0 spiro atoms. The van der Waals surface area contributed by atoms with Gasteiger partial charge in [0.2, 0.25) is 0 Å². The van der Waals surface area contributed by atoms with Crippen molar-refractivity contribution in [2.75, 3.05) is 6.61 Å². The number of carbonyl (C=O) groups excluding carboxylic acids is 1. The van der Waals surface area contributed by atoms with Gasteiger partial charge in [-0.3, -0.25) is 4.79 Å². The van der Waals surface area contributed by atoms with Crippen molar-refractivity contribution in [3.05, 3.63) is 30.1 Å². The molecular weight excluding hydrogens is 298 g/mol. The normalized spacial score (nSPS) is 12.6. The summed E-state index contributed by atoms with van der Waals surface area (Å²) in [6.07, 6.45) is -6.42. The Hall–Kier alpha value is -2.32.